The highest BCUT2D eigenvalue weighted by atomic mass is 127. The number of nitrogens with zero attached hydrogens (tertiary/aromatic N) is 2. The van der Waals surface area contributed by atoms with Gasteiger partial charge in [-0.25, -0.2) is 0 Å². The monoisotopic (exact) mass is 491 g/mol. The molecule has 1 aliphatic heterocycles. The highest BCUT2D eigenvalue weighted by molar-refractivity contribution is 14.0. The molecule has 0 fully saturated rings. The average molecular weight is 491 g/mol. The van der Waals surface area contributed by atoms with Gasteiger partial charge in [0.15, 0.2) is 17.5 Å². The van der Waals surface area contributed by atoms with Crippen molar-refractivity contribution in [3.8, 4) is 11.5 Å². The van der Waals surface area contributed by atoms with Crippen LogP contribution in [-0.4, -0.2) is 57.4 Å². The summed E-state index contributed by atoms with van der Waals surface area (Å²) in [6.07, 6.45) is 1.23. The number of rotatable bonds is 8. The van der Waals surface area contributed by atoms with Crippen LogP contribution in [0, 0.1) is 5.92 Å². The standard InChI is InChI=1S/C20H33N3O3.HI/c1-6-24-17(15(2)3)9-10-22-20(21-4)23(5)14-16-7-8-18-19(13-16)26-12-11-25-18;/h7-8,13,15,17H,6,9-12,14H2,1-5H3,(H,21,22);1H. The van der Waals surface area contributed by atoms with E-state index in [1.165, 1.54) is 0 Å². The second-order valence-corrected chi connectivity index (χ2v) is 6.83. The van der Waals surface area contributed by atoms with Gasteiger partial charge in [-0.05, 0) is 37.0 Å². The fourth-order valence-electron chi connectivity index (χ4n) is 3.07. The van der Waals surface area contributed by atoms with Crippen molar-refractivity contribution in [1.29, 1.82) is 0 Å². The summed E-state index contributed by atoms with van der Waals surface area (Å²) in [7, 11) is 3.85. The highest BCUT2D eigenvalue weighted by Crippen LogP contribution is 2.31. The lowest BCUT2D eigenvalue weighted by atomic mass is 10.0. The van der Waals surface area contributed by atoms with Crippen molar-refractivity contribution in [1.82, 2.24) is 10.2 Å². The SMILES string of the molecule is CCOC(CCNC(=NC)N(C)Cc1ccc2c(c1)OCCO2)C(C)C.I. The summed E-state index contributed by atoms with van der Waals surface area (Å²) in [5, 5.41) is 3.44. The fourth-order valence-corrected chi connectivity index (χ4v) is 3.07. The van der Waals surface area contributed by atoms with Gasteiger partial charge >= 0.3 is 0 Å². The molecule has 0 aliphatic carbocycles. The van der Waals surface area contributed by atoms with Crippen molar-refractivity contribution in [2.24, 2.45) is 10.9 Å². The summed E-state index contributed by atoms with van der Waals surface area (Å²) in [6, 6.07) is 6.09. The molecule has 7 heteroatoms. The predicted molar refractivity (Wildman–Crippen MR) is 121 cm³/mol. The number of aliphatic imine (C=N–C) groups is 1. The molecule has 0 saturated carbocycles. The molecule has 6 nitrogen and oxygen atoms in total. The molecule has 0 aromatic heterocycles. The number of hydrogen-bond acceptors (Lipinski definition) is 4. The van der Waals surface area contributed by atoms with Crippen LogP contribution in [0.2, 0.25) is 0 Å². The van der Waals surface area contributed by atoms with Crippen LogP contribution in [0.15, 0.2) is 23.2 Å². The summed E-state index contributed by atoms with van der Waals surface area (Å²) in [4.78, 5) is 6.50. The van der Waals surface area contributed by atoms with Crippen LogP contribution in [0.1, 0.15) is 32.8 Å². The molecule has 0 radical (unpaired) electrons. The Morgan fingerprint density at radius 2 is 1.96 bits per heavy atom. The van der Waals surface area contributed by atoms with Crippen LogP contribution < -0.4 is 14.8 Å². The molecule has 1 unspecified atom stereocenters. The van der Waals surface area contributed by atoms with Crippen molar-refractivity contribution in [2.45, 2.75) is 39.8 Å². The van der Waals surface area contributed by atoms with Crippen molar-refractivity contribution in [2.75, 3.05) is 40.5 Å². The molecule has 154 valence electrons. The van der Waals surface area contributed by atoms with E-state index >= 15 is 0 Å². The largest absolute Gasteiger partial charge is 0.486 e. The van der Waals surface area contributed by atoms with Gasteiger partial charge in [0.2, 0.25) is 0 Å². The molecule has 1 heterocycles. The molecular weight excluding hydrogens is 457 g/mol. The van der Waals surface area contributed by atoms with Gasteiger partial charge in [-0.2, -0.15) is 0 Å². The van der Waals surface area contributed by atoms with E-state index in [4.69, 9.17) is 14.2 Å². The minimum absolute atomic E-state index is 0. The van der Waals surface area contributed by atoms with E-state index in [2.05, 4.69) is 35.1 Å². The Balaban J connectivity index is 0.00000364. The molecule has 0 saturated heterocycles. The molecule has 1 aromatic carbocycles. The minimum Gasteiger partial charge on any atom is -0.486 e. The van der Waals surface area contributed by atoms with Gasteiger partial charge in [0.25, 0.3) is 0 Å². The quantitative estimate of drug-likeness (QED) is 0.343. The number of nitrogens with one attached hydrogen (secondary N) is 1. The maximum absolute atomic E-state index is 5.81. The van der Waals surface area contributed by atoms with E-state index < -0.39 is 0 Å². The third-order valence-corrected chi connectivity index (χ3v) is 4.44. The Bertz CT molecular complexity index is 596. The van der Waals surface area contributed by atoms with E-state index in [0.717, 1.165) is 49.1 Å². The lowest BCUT2D eigenvalue weighted by Gasteiger charge is -2.25. The lowest BCUT2D eigenvalue weighted by molar-refractivity contribution is 0.0257. The van der Waals surface area contributed by atoms with E-state index in [0.29, 0.717) is 19.1 Å². The maximum atomic E-state index is 5.81. The first kappa shape index (κ1) is 23.8. The van der Waals surface area contributed by atoms with Gasteiger partial charge in [-0.15, -0.1) is 24.0 Å². The van der Waals surface area contributed by atoms with Crippen LogP contribution >= 0.6 is 24.0 Å². The Morgan fingerprint density at radius 1 is 1.26 bits per heavy atom. The van der Waals surface area contributed by atoms with Crippen LogP contribution in [0.25, 0.3) is 0 Å². The zero-order valence-corrected chi connectivity index (χ0v) is 19.5. The second-order valence-electron chi connectivity index (χ2n) is 6.83. The molecule has 1 aliphatic rings. The Kier molecular flexibility index (Phi) is 10.8. The third kappa shape index (κ3) is 7.37. The van der Waals surface area contributed by atoms with Crippen molar-refractivity contribution < 1.29 is 14.2 Å². The number of hydrogen-bond donors (Lipinski definition) is 1. The van der Waals surface area contributed by atoms with Gasteiger partial charge in [0.05, 0.1) is 6.10 Å². The smallest absolute Gasteiger partial charge is 0.193 e. The molecule has 1 aromatic rings. The first-order valence-electron chi connectivity index (χ1n) is 9.47. The predicted octanol–water partition coefficient (Wildman–Crippen LogP) is 3.53. The van der Waals surface area contributed by atoms with E-state index in [-0.39, 0.29) is 30.1 Å². The number of halogens is 1. The van der Waals surface area contributed by atoms with Crippen LogP contribution in [0.3, 0.4) is 0 Å². The molecule has 1 atom stereocenters. The average Bonchev–Trinajstić information content (AvgIpc) is 2.64. The number of ether oxygens (including phenoxy) is 3. The van der Waals surface area contributed by atoms with E-state index in [1.54, 1.807) is 0 Å². The molecular formula is C20H34IN3O3. The molecule has 2 rings (SSSR count). The topological polar surface area (TPSA) is 55.3 Å². The summed E-state index contributed by atoms with van der Waals surface area (Å²) < 4.78 is 17.1. The molecule has 0 spiro atoms. The normalized spacial score (nSPS) is 14.5. The highest BCUT2D eigenvalue weighted by Gasteiger charge is 2.15. The Morgan fingerprint density at radius 3 is 2.59 bits per heavy atom. The van der Waals surface area contributed by atoms with Crippen LogP contribution in [0.4, 0.5) is 0 Å². The second kappa shape index (κ2) is 12.3. The van der Waals surface area contributed by atoms with Gasteiger partial charge in [0.1, 0.15) is 13.2 Å². The fraction of sp³-hybridized carbons (Fsp3) is 0.650. The maximum Gasteiger partial charge on any atom is 0.193 e. The minimum atomic E-state index is 0. The zero-order valence-electron chi connectivity index (χ0n) is 17.2. The van der Waals surface area contributed by atoms with Crippen LogP contribution in [0.5, 0.6) is 11.5 Å². The lowest BCUT2D eigenvalue weighted by Crippen LogP contribution is -2.40. The molecule has 0 bridgehead atoms. The number of fused-ring (bicyclic) bond motifs is 1. The summed E-state index contributed by atoms with van der Waals surface area (Å²) >= 11 is 0. The summed E-state index contributed by atoms with van der Waals surface area (Å²) in [5.41, 5.74) is 1.16. The van der Waals surface area contributed by atoms with Crippen molar-refractivity contribution in [3.05, 3.63) is 23.8 Å². The first-order chi connectivity index (χ1) is 12.5. The molecule has 1 N–H and O–H groups in total. The number of guanidine groups is 1. The van der Waals surface area contributed by atoms with Crippen LogP contribution in [-0.2, 0) is 11.3 Å². The van der Waals surface area contributed by atoms with Crippen molar-refractivity contribution >= 4 is 29.9 Å². The van der Waals surface area contributed by atoms with Gasteiger partial charge in [-0.1, -0.05) is 19.9 Å². The summed E-state index contributed by atoms with van der Waals surface area (Å²) in [5.74, 6) is 3.02. The Hall–Kier alpha value is -1.22. The zero-order chi connectivity index (χ0) is 18.9. The van der Waals surface area contributed by atoms with E-state index in [9.17, 15) is 0 Å². The Labute approximate surface area is 180 Å². The summed E-state index contributed by atoms with van der Waals surface area (Å²) in [6.45, 7) is 9.99. The van der Waals surface area contributed by atoms with Crippen molar-refractivity contribution in [3.63, 3.8) is 0 Å². The van der Waals surface area contributed by atoms with E-state index in [1.807, 2.05) is 33.2 Å². The molecule has 0 amide bonds. The third-order valence-electron chi connectivity index (χ3n) is 4.44. The van der Waals surface area contributed by atoms with Gasteiger partial charge < -0.3 is 24.4 Å². The molecule has 27 heavy (non-hydrogen) atoms. The number of benzene rings is 1. The van der Waals surface area contributed by atoms with Gasteiger partial charge in [0, 0.05) is 33.8 Å². The van der Waals surface area contributed by atoms with Gasteiger partial charge in [-0.3, -0.25) is 4.99 Å². The first-order valence-corrected chi connectivity index (χ1v) is 9.47.